The third kappa shape index (κ3) is 4.51. The van der Waals surface area contributed by atoms with Gasteiger partial charge in [0.05, 0.1) is 5.57 Å². The number of hydrogen-bond acceptors (Lipinski definition) is 5. The van der Waals surface area contributed by atoms with E-state index in [4.69, 9.17) is 22.7 Å². The van der Waals surface area contributed by atoms with Gasteiger partial charge in [-0.25, -0.2) is 4.79 Å². The Labute approximate surface area is 195 Å². The van der Waals surface area contributed by atoms with E-state index in [1.54, 1.807) is 0 Å². The number of Topliss-reactive ketones (excluding diaryl/α,β-unsaturated/α-hetero) is 1. The van der Waals surface area contributed by atoms with Gasteiger partial charge in [-0.15, -0.1) is 0 Å². The number of benzene rings is 1. The number of hydrogen-bond donors (Lipinski definition) is 2. The maximum atomic E-state index is 13.4. The second-order valence-electron chi connectivity index (χ2n) is 10.1. The normalized spacial score (nSPS) is 23.5. The summed E-state index contributed by atoms with van der Waals surface area (Å²) >= 11 is 5.09. The molecule has 1 aromatic carbocycles. The van der Waals surface area contributed by atoms with Crippen molar-refractivity contribution in [2.24, 2.45) is 11.1 Å². The van der Waals surface area contributed by atoms with Crippen LogP contribution in [0.25, 0.3) is 0 Å². The molecule has 1 saturated carbocycles. The van der Waals surface area contributed by atoms with Crippen LogP contribution in [0.4, 0.5) is 0 Å². The molecule has 170 valence electrons. The number of nitrogens with two attached hydrogens (primary N) is 1. The number of dihydropyridines is 1. The molecule has 3 aliphatic rings. The fraction of sp³-hybridized carbons (Fsp3) is 0.500. The van der Waals surface area contributed by atoms with Gasteiger partial charge >= 0.3 is 5.97 Å². The van der Waals surface area contributed by atoms with Crippen molar-refractivity contribution in [3.63, 3.8) is 0 Å². The van der Waals surface area contributed by atoms with Crippen molar-refractivity contribution in [3.05, 3.63) is 57.9 Å². The second-order valence-corrected chi connectivity index (χ2v) is 10.5. The van der Waals surface area contributed by atoms with E-state index < -0.39 is 5.92 Å². The van der Waals surface area contributed by atoms with E-state index in [9.17, 15) is 9.59 Å². The quantitative estimate of drug-likeness (QED) is 0.504. The summed E-state index contributed by atoms with van der Waals surface area (Å²) in [6.07, 6.45) is 6.33. The lowest BCUT2D eigenvalue weighted by Crippen LogP contribution is -2.39. The van der Waals surface area contributed by atoms with Crippen LogP contribution < -0.4 is 11.1 Å². The molecular formula is C26H32N2O3S. The lowest BCUT2D eigenvalue weighted by molar-refractivity contribution is -0.146. The zero-order valence-electron chi connectivity index (χ0n) is 19.1. The summed E-state index contributed by atoms with van der Waals surface area (Å²) in [5, 5.41) is 3.40. The number of ether oxygens (including phenoxy) is 1. The van der Waals surface area contributed by atoms with Crippen molar-refractivity contribution in [3.8, 4) is 0 Å². The second kappa shape index (κ2) is 8.81. The summed E-state index contributed by atoms with van der Waals surface area (Å²) in [5.74, 6) is -0.691. The molecule has 0 radical (unpaired) electrons. The van der Waals surface area contributed by atoms with Gasteiger partial charge in [-0.05, 0) is 50.0 Å². The van der Waals surface area contributed by atoms with Crippen LogP contribution >= 0.6 is 12.2 Å². The van der Waals surface area contributed by atoms with E-state index in [0.717, 1.165) is 54.6 Å². The number of esters is 1. The van der Waals surface area contributed by atoms with E-state index in [0.29, 0.717) is 22.6 Å². The first-order chi connectivity index (χ1) is 15.2. The number of thiocarbonyl (C=S) groups is 1. The highest BCUT2D eigenvalue weighted by atomic mass is 32.1. The summed E-state index contributed by atoms with van der Waals surface area (Å²) in [5.41, 5.74) is 10.2. The van der Waals surface area contributed by atoms with E-state index >= 15 is 0 Å². The van der Waals surface area contributed by atoms with Crippen LogP contribution in [0.2, 0.25) is 0 Å². The van der Waals surface area contributed by atoms with Gasteiger partial charge in [0, 0.05) is 34.9 Å². The highest BCUT2D eigenvalue weighted by Gasteiger charge is 2.43. The highest BCUT2D eigenvalue weighted by Crippen LogP contribution is 2.47. The molecular weight excluding hydrogens is 420 g/mol. The predicted octanol–water partition coefficient (Wildman–Crippen LogP) is 4.80. The Bertz CT molecular complexity index is 1010. The van der Waals surface area contributed by atoms with Gasteiger partial charge in [-0.1, -0.05) is 56.8 Å². The number of ketones is 1. The monoisotopic (exact) mass is 452 g/mol. The van der Waals surface area contributed by atoms with Crippen LogP contribution in [0, 0.1) is 5.41 Å². The van der Waals surface area contributed by atoms with E-state index in [1.807, 2.05) is 31.2 Å². The average Bonchev–Trinajstić information content (AvgIpc) is 2.72. The lowest BCUT2D eigenvalue weighted by Gasteiger charge is -2.39. The molecule has 1 aromatic rings. The molecule has 5 nitrogen and oxygen atoms in total. The van der Waals surface area contributed by atoms with Gasteiger partial charge in [-0.2, -0.15) is 0 Å². The summed E-state index contributed by atoms with van der Waals surface area (Å²) in [7, 11) is 0. The van der Waals surface area contributed by atoms with Crippen LogP contribution in [0.15, 0.2) is 46.8 Å². The minimum atomic E-state index is -0.452. The Kier molecular flexibility index (Phi) is 6.26. The number of carbonyl (C=O) groups excluding carboxylic acids is 2. The number of rotatable bonds is 4. The topological polar surface area (TPSA) is 81.4 Å². The summed E-state index contributed by atoms with van der Waals surface area (Å²) < 4.78 is 5.96. The van der Waals surface area contributed by atoms with E-state index in [2.05, 4.69) is 19.2 Å². The molecule has 3 N–H and O–H groups in total. The first kappa shape index (κ1) is 22.7. The lowest BCUT2D eigenvalue weighted by atomic mass is 9.68. The Morgan fingerprint density at radius 3 is 2.41 bits per heavy atom. The highest BCUT2D eigenvalue weighted by molar-refractivity contribution is 7.80. The minimum absolute atomic E-state index is 0.0504. The first-order valence-corrected chi connectivity index (χ1v) is 11.9. The molecule has 1 unspecified atom stereocenters. The van der Waals surface area contributed by atoms with Crippen LogP contribution in [-0.4, -0.2) is 22.8 Å². The third-order valence-electron chi connectivity index (χ3n) is 6.81. The number of carbonyl (C=O) groups is 2. The largest absolute Gasteiger partial charge is 0.459 e. The van der Waals surface area contributed by atoms with Crippen molar-refractivity contribution in [2.75, 3.05) is 0 Å². The van der Waals surface area contributed by atoms with Gasteiger partial charge in [-0.3, -0.25) is 4.79 Å². The zero-order valence-corrected chi connectivity index (χ0v) is 19.9. The van der Waals surface area contributed by atoms with Crippen molar-refractivity contribution < 1.29 is 14.3 Å². The summed E-state index contributed by atoms with van der Waals surface area (Å²) in [4.78, 5) is 27.1. The fourth-order valence-electron chi connectivity index (χ4n) is 5.28. The fourth-order valence-corrected chi connectivity index (χ4v) is 5.41. The summed E-state index contributed by atoms with van der Waals surface area (Å²) in [6, 6.07) is 7.56. The van der Waals surface area contributed by atoms with Crippen LogP contribution in [0.1, 0.15) is 82.8 Å². The van der Waals surface area contributed by atoms with Gasteiger partial charge in [0.2, 0.25) is 0 Å². The molecule has 1 atom stereocenters. The van der Waals surface area contributed by atoms with Crippen LogP contribution in [-0.2, 0) is 14.3 Å². The molecule has 1 fully saturated rings. The molecule has 0 bridgehead atoms. The van der Waals surface area contributed by atoms with Crippen LogP contribution in [0.3, 0.4) is 0 Å². The summed E-state index contributed by atoms with van der Waals surface area (Å²) in [6.45, 7) is 6.12. The molecule has 1 aliphatic heterocycles. The molecule has 1 heterocycles. The van der Waals surface area contributed by atoms with Crippen molar-refractivity contribution in [2.45, 2.75) is 77.7 Å². The van der Waals surface area contributed by atoms with Crippen LogP contribution in [0.5, 0.6) is 0 Å². The van der Waals surface area contributed by atoms with Gasteiger partial charge in [0.1, 0.15) is 11.1 Å². The van der Waals surface area contributed by atoms with E-state index in [1.165, 1.54) is 6.42 Å². The molecule has 0 spiro atoms. The van der Waals surface area contributed by atoms with Gasteiger partial charge in [0.25, 0.3) is 0 Å². The maximum Gasteiger partial charge on any atom is 0.337 e. The van der Waals surface area contributed by atoms with Crippen molar-refractivity contribution in [1.29, 1.82) is 0 Å². The van der Waals surface area contributed by atoms with Crippen molar-refractivity contribution in [1.82, 2.24) is 5.32 Å². The molecule has 0 saturated heterocycles. The van der Waals surface area contributed by atoms with E-state index in [-0.39, 0.29) is 23.3 Å². The zero-order chi connectivity index (χ0) is 23.0. The minimum Gasteiger partial charge on any atom is -0.459 e. The standard InChI is InChI=1S/C26H32N2O3S/c1-15-21(25(30)31-18-7-5-4-6-8-18)22(16-9-11-17(12-10-16)24(27)32)23-19(28-15)13-26(2,3)14-20(23)29/h9-12,18,22,28H,4-8,13-14H2,1-3H3,(H2,27,32). The molecule has 4 rings (SSSR count). The Hall–Kier alpha value is -2.47. The third-order valence-corrected chi connectivity index (χ3v) is 7.05. The van der Waals surface area contributed by atoms with Crippen molar-refractivity contribution >= 4 is 29.0 Å². The average molecular weight is 453 g/mol. The Balaban J connectivity index is 1.76. The molecule has 0 amide bonds. The van der Waals surface area contributed by atoms with Gasteiger partial charge in [0.15, 0.2) is 5.78 Å². The van der Waals surface area contributed by atoms with Gasteiger partial charge < -0.3 is 15.8 Å². The Morgan fingerprint density at radius 1 is 1.12 bits per heavy atom. The molecule has 6 heteroatoms. The number of nitrogens with one attached hydrogen (secondary N) is 1. The number of allylic oxidation sites excluding steroid dienone is 3. The maximum absolute atomic E-state index is 13.4. The molecule has 2 aliphatic carbocycles. The molecule has 32 heavy (non-hydrogen) atoms. The molecule has 0 aromatic heterocycles. The first-order valence-electron chi connectivity index (χ1n) is 11.5. The predicted molar refractivity (Wildman–Crippen MR) is 129 cm³/mol. The SMILES string of the molecule is CC1=C(C(=O)OC2CCCCC2)C(c2ccc(C(N)=S)cc2)C2=C(CC(C)(C)CC2=O)N1. The Morgan fingerprint density at radius 2 is 1.78 bits per heavy atom. The smallest absolute Gasteiger partial charge is 0.337 e.